The standard InChI is InChI=1S/C13H14N2O4/c16-8-5-11(17)9-7-10(13(18)19-12(9)6-8)15-3-1-14-2-4-15/h5-7,14,16-17H,1-4H2. The molecule has 0 aliphatic carbocycles. The highest BCUT2D eigenvalue weighted by Gasteiger charge is 2.17. The highest BCUT2D eigenvalue weighted by atomic mass is 16.4. The zero-order chi connectivity index (χ0) is 13.4. The summed E-state index contributed by atoms with van der Waals surface area (Å²) in [5.41, 5.74) is 0.163. The molecular weight excluding hydrogens is 248 g/mol. The molecule has 0 bridgehead atoms. The maximum Gasteiger partial charge on any atom is 0.360 e. The van der Waals surface area contributed by atoms with Crippen molar-refractivity contribution < 1.29 is 14.6 Å². The second-order valence-corrected chi connectivity index (χ2v) is 4.53. The van der Waals surface area contributed by atoms with Crippen molar-refractivity contribution >= 4 is 16.7 Å². The van der Waals surface area contributed by atoms with Crippen LogP contribution in [0.5, 0.6) is 11.5 Å². The monoisotopic (exact) mass is 262 g/mol. The topological polar surface area (TPSA) is 85.9 Å². The molecule has 1 saturated heterocycles. The number of hydrogen-bond acceptors (Lipinski definition) is 6. The van der Waals surface area contributed by atoms with Gasteiger partial charge in [0.1, 0.15) is 22.8 Å². The van der Waals surface area contributed by atoms with Gasteiger partial charge in [0.15, 0.2) is 0 Å². The summed E-state index contributed by atoms with van der Waals surface area (Å²) in [7, 11) is 0. The molecule has 100 valence electrons. The fraction of sp³-hybridized carbons (Fsp3) is 0.308. The summed E-state index contributed by atoms with van der Waals surface area (Å²) in [4.78, 5) is 13.9. The first-order valence-electron chi connectivity index (χ1n) is 6.10. The normalized spacial score (nSPS) is 15.9. The summed E-state index contributed by atoms with van der Waals surface area (Å²) in [6.07, 6.45) is 0. The highest BCUT2D eigenvalue weighted by molar-refractivity contribution is 5.87. The lowest BCUT2D eigenvalue weighted by atomic mass is 10.2. The molecule has 6 nitrogen and oxygen atoms in total. The summed E-state index contributed by atoms with van der Waals surface area (Å²) in [5, 5.41) is 22.8. The zero-order valence-electron chi connectivity index (χ0n) is 10.2. The van der Waals surface area contributed by atoms with Crippen molar-refractivity contribution in [2.45, 2.75) is 0 Å². The average Bonchev–Trinajstić information content (AvgIpc) is 2.38. The van der Waals surface area contributed by atoms with Crippen LogP contribution >= 0.6 is 0 Å². The Labute approximate surface area is 108 Å². The molecule has 6 heteroatoms. The third kappa shape index (κ3) is 2.10. The molecular formula is C13H14N2O4. The smallest absolute Gasteiger partial charge is 0.360 e. The molecule has 0 radical (unpaired) electrons. The number of nitrogens with one attached hydrogen (secondary N) is 1. The maximum atomic E-state index is 12.0. The largest absolute Gasteiger partial charge is 0.508 e. The number of phenolic OH excluding ortho intramolecular Hbond substituents is 2. The number of piperazine rings is 1. The molecule has 0 atom stereocenters. The Balaban J connectivity index is 2.15. The van der Waals surface area contributed by atoms with Crippen molar-refractivity contribution in [1.29, 1.82) is 0 Å². The molecule has 1 fully saturated rings. The first-order valence-corrected chi connectivity index (χ1v) is 6.10. The Morgan fingerprint density at radius 3 is 2.63 bits per heavy atom. The predicted octanol–water partition coefficient (Wildman–Crippen LogP) is 0.614. The zero-order valence-corrected chi connectivity index (χ0v) is 10.2. The molecule has 0 saturated carbocycles. The summed E-state index contributed by atoms with van der Waals surface area (Å²) in [6.45, 7) is 3.04. The second kappa shape index (κ2) is 4.47. The van der Waals surface area contributed by atoms with E-state index in [1.54, 1.807) is 6.07 Å². The van der Waals surface area contributed by atoms with Crippen LogP contribution < -0.4 is 15.8 Å². The van der Waals surface area contributed by atoms with Crippen molar-refractivity contribution in [3.05, 3.63) is 28.6 Å². The Bertz CT molecular complexity index is 674. The Morgan fingerprint density at radius 1 is 1.16 bits per heavy atom. The van der Waals surface area contributed by atoms with Crippen molar-refractivity contribution in [3.8, 4) is 11.5 Å². The maximum absolute atomic E-state index is 12.0. The summed E-state index contributed by atoms with van der Waals surface area (Å²) >= 11 is 0. The van der Waals surface area contributed by atoms with Crippen molar-refractivity contribution in [3.63, 3.8) is 0 Å². The minimum atomic E-state index is -0.459. The van der Waals surface area contributed by atoms with E-state index in [1.807, 2.05) is 4.90 Å². The Hall–Kier alpha value is -2.21. The quantitative estimate of drug-likeness (QED) is 0.653. The van der Waals surface area contributed by atoms with Gasteiger partial charge in [-0.25, -0.2) is 4.79 Å². The van der Waals surface area contributed by atoms with Gasteiger partial charge in [0.2, 0.25) is 0 Å². The van der Waals surface area contributed by atoms with E-state index in [9.17, 15) is 15.0 Å². The molecule has 3 rings (SSSR count). The van der Waals surface area contributed by atoms with Gasteiger partial charge in [-0.15, -0.1) is 0 Å². The number of nitrogens with zero attached hydrogens (tertiary/aromatic N) is 1. The minimum absolute atomic E-state index is 0.102. The lowest BCUT2D eigenvalue weighted by Crippen LogP contribution is -2.45. The van der Waals surface area contributed by atoms with Crippen molar-refractivity contribution in [2.75, 3.05) is 31.1 Å². The summed E-state index contributed by atoms with van der Waals surface area (Å²) in [6, 6.07) is 4.16. The summed E-state index contributed by atoms with van der Waals surface area (Å²) < 4.78 is 5.17. The van der Waals surface area contributed by atoms with Crippen LogP contribution in [0.4, 0.5) is 5.69 Å². The average molecular weight is 262 g/mol. The predicted molar refractivity (Wildman–Crippen MR) is 70.9 cm³/mol. The molecule has 0 unspecified atom stereocenters. The van der Waals surface area contributed by atoms with Gasteiger partial charge in [-0.1, -0.05) is 0 Å². The van der Waals surface area contributed by atoms with E-state index in [0.29, 0.717) is 11.1 Å². The Kier molecular flexibility index (Phi) is 2.79. The third-order valence-electron chi connectivity index (χ3n) is 3.26. The molecule has 2 heterocycles. The molecule has 19 heavy (non-hydrogen) atoms. The number of anilines is 1. The molecule has 0 amide bonds. The van der Waals surface area contributed by atoms with Crippen LogP contribution in [0.3, 0.4) is 0 Å². The fourth-order valence-electron chi connectivity index (χ4n) is 2.30. The van der Waals surface area contributed by atoms with E-state index in [1.165, 1.54) is 12.1 Å². The van der Waals surface area contributed by atoms with E-state index in [4.69, 9.17) is 4.42 Å². The van der Waals surface area contributed by atoms with Gasteiger partial charge in [-0.05, 0) is 6.07 Å². The molecule has 2 aromatic rings. The van der Waals surface area contributed by atoms with Crippen molar-refractivity contribution in [1.82, 2.24) is 5.32 Å². The van der Waals surface area contributed by atoms with Gasteiger partial charge in [0.25, 0.3) is 0 Å². The minimum Gasteiger partial charge on any atom is -0.508 e. The number of hydrogen-bond donors (Lipinski definition) is 3. The Morgan fingerprint density at radius 2 is 1.89 bits per heavy atom. The molecule has 1 aliphatic rings. The van der Waals surface area contributed by atoms with Crippen LogP contribution in [0.2, 0.25) is 0 Å². The molecule has 1 aliphatic heterocycles. The van der Waals surface area contributed by atoms with E-state index < -0.39 is 5.63 Å². The molecule has 0 spiro atoms. The first kappa shape index (κ1) is 11.9. The van der Waals surface area contributed by atoms with Crippen LogP contribution in [0.25, 0.3) is 11.0 Å². The first-order chi connectivity index (χ1) is 9.15. The van der Waals surface area contributed by atoms with E-state index in [2.05, 4.69) is 5.32 Å². The molecule has 1 aromatic carbocycles. The van der Waals surface area contributed by atoms with Crippen LogP contribution in [0, 0.1) is 0 Å². The number of fused-ring (bicyclic) bond motifs is 1. The van der Waals surface area contributed by atoms with Crippen molar-refractivity contribution in [2.24, 2.45) is 0 Å². The van der Waals surface area contributed by atoms with Gasteiger partial charge in [0.05, 0.1) is 5.39 Å². The van der Waals surface area contributed by atoms with Crippen LogP contribution in [0.1, 0.15) is 0 Å². The lowest BCUT2D eigenvalue weighted by Gasteiger charge is -2.28. The van der Waals surface area contributed by atoms with E-state index in [-0.39, 0.29) is 17.1 Å². The fourth-order valence-corrected chi connectivity index (χ4v) is 2.30. The van der Waals surface area contributed by atoms with E-state index in [0.717, 1.165) is 26.2 Å². The van der Waals surface area contributed by atoms with Gasteiger partial charge in [0, 0.05) is 38.3 Å². The van der Waals surface area contributed by atoms with Gasteiger partial charge >= 0.3 is 5.63 Å². The van der Waals surface area contributed by atoms with Crippen LogP contribution in [-0.4, -0.2) is 36.4 Å². The third-order valence-corrected chi connectivity index (χ3v) is 3.26. The molecule has 1 aromatic heterocycles. The van der Waals surface area contributed by atoms with E-state index >= 15 is 0 Å². The number of phenols is 2. The number of benzene rings is 1. The number of aromatic hydroxyl groups is 2. The molecule has 3 N–H and O–H groups in total. The SMILES string of the molecule is O=c1oc2cc(O)cc(O)c2cc1N1CCNCC1. The number of rotatable bonds is 1. The van der Waals surface area contributed by atoms with Gasteiger partial charge < -0.3 is 24.8 Å². The lowest BCUT2D eigenvalue weighted by molar-refractivity contribution is 0.451. The van der Waals surface area contributed by atoms with Gasteiger partial charge in [-0.2, -0.15) is 0 Å². The second-order valence-electron chi connectivity index (χ2n) is 4.53. The summed E-state index contributed by atoms with van der Waals surface area (Å²) in [5.74, 6) is -0.238. The highest BCUT2D eigenvalue weighted by Crippen LogP contribution is 2.30. The van der Waals surface area contributed by atoms with Crippen LogP contribution in [0.15, 0.2) is 27.4 Å². The van der Waals surface area contributed by atoms with Crippen LogP contribution in [-0.2, 0) is 0 Å². The van der Waals surface area contributed by atoms with Gasteiger partial charge in [-0.3, -0.25) is 0 Å².